The molecule has 7 nitrogen and oxygen atoms in total. The number of hydrogen-bond donors (Lipinski definition) is 2. The Balaban J connectivity index is 0.000000336. The fourth-order valence-electron chi connectivity index (χ4n) is 0.965. The summed E-state index contributed by atoms with van der Waals surface area (Å²) < 4.78 is 36.6. The highest BCUT2D eigenvalue weighted by molar-refractivity contribution is 7.79. The average Bonchev–Trinajstić information content (AvgIpc) is 2.29. The van der Waals surface area contributed by atoms with Crippen LogP contribution in [0, 0.1) is 6.92 Å². The Kier molecular flexibility index (Phi) is 4.88. The molecule has 0 saturated heterocycles. The van der Waals surface area contributed by atoms with Crippen LogP contribution in [0.1, 0.15) is 19.0 Å². The van der Waals surface area contributed by atoms with Crippen molar-refractivity contribution in [3.05, 3.63) is 18.2 Å². The second-order valence-corrected chi connectivity index (χ2v) is 3.78. The van der Waals surface area contributed by atoms with E-state index in [0.29, 0.717) is 0 Å². The Morgan fingerprint density at radius 3 is 2.13 bits per heavy atom. The van der Waals surface area contributed by atoms with E-state index in [-0.39, 0.29) is 0 Å². The maximum absolute atomic E-state index is 9.17. The summed E-state index contributed by atoms with van der Waals surface area (Å²) in [7, 11) is -2.96. The third kappa shape index (κ3) is 6.18. The normalized spacial score (nSPS) is 12.9. The van der Waals surface area contributed by atoms with Gasteiger partial charge in [-0.15, -0.1) is 0 Å². The van der Waals surface area contributed by atoms with E-state index in [4.69, 9.17) is 22.6 Å². The first kappa shape index (κ1) is 14.0. The van der Waals surface area contributed by atoms with Crippen molar-refractivity contribution in [2.45, 2.75) is 20.1 Å². The quantitative estimate of drug-likeness (QED) is 0.376. The van der Waals surface area contributed by atoms with E-state index in [2.05, 4.69) is 0 Å². The van der Waals surface area contributed by atoms with E-state index >= 15 is 0 Å². The number of aryl methyl sites for hydroxylation is 1. The van der Waals surface area contributed by atoms with E-state index in [1.165, 1.54) is 0 Å². The van der Waals surface area contributed by atoms with Gasteiger partial charge in [-0.05, 0) is 0 Å². The van der Waals surface area contributed by atoms with E-state index < -0.39 is 16.6 Å². The number of nitrogens with zero attached hydrogens (tertiary/aromatic N) is 2. The Morgan fingerprint density at radius 2 is 2.00 bits per heavy atom. The highest BCUT2D eigenvalue weighted by Gasteiger charge is 2.11. The third-order valence-electron chi connectivity index (χ3n) is 1.74. The smallest absolute Gasteiger partial charge is 0.255 e. The predicted molar refractivity (Wildman–Crippen MR) is 49.6 cm³/mol. The fraction of sp³-hybridized carbons (Fsp3) is 0.571. The van der Waals surface area contributed by atoms with Gasteiger partial charge < -0.3 is 9.66 Å². The minimum Gasteiger partial charge on any atom is -0.726 e. The highest BCUT2D eigenvalue weighted by atomic mass is 32.3. The van der Waals surface area contributed by atoms with Crippen molar-refractivity contribution >= 4 is 10.4 Å². The lowest BCUT2D eigenvalue weighted by atomic mass is 10.6. The summed E-state index contributed by atoms with van der Waals surface area (Å²) in [5.74, 6) is 1.05. The zero-order chi connectivity index (χ0) is 12.2. The van der Waals surface area contributed by atoms with Crippen molar-refractivity contribution in [3.63, 3.8) is 0 Å². The number of imidazole rings is 1. The molecule has 0 saturated carbocycles. The zero-order valence-electron chi connectivity index (χ0n) is 8.65. The molecule has 8 heteroatoms. The molecule has 0 aliphatic rings. The molecule has 88 valence electrons. The second-order valence-electron chi connectivity index (χ2n) is 2.92. The van der Waals surface area contributed by atoms with Crippen LogP contribution >= 0.6 is 0 Å². The van der Waals surface area contributed by atoms with Crippen LogP contribution in [-0.2, 0) is 17.4 Å². The number of hydrogen-bond acceptors (Lipinski definition) is 4. The van der Waals surface area contributed by atoms with Crippen LogP contribution in [-0.4, -0.2) is 27.2 Å². The lowest BCUT2D eigenvalue weighted by Gasteiger charge is -1.99. The molecule has 1 aromatic rings. The molecule has 15 heavy (non-hydrogen) atoms. The summed E-state index contributed by atoms with van der Waals surface area (Å²) in [5.41, 5.74) is 0. The first-order valence-electron chi connectivity index (χ1n) is 4.02. The molecule has 1 rings (SSSR count). The van der Waals surface area contributed by atoms with Crippen molar-refractivity contribution in [3.8, 4) is 0 Å². The van der Waals surface area contributed by atoms with Crippen molar-refractivity contribution in [1.29, 1.82) is 0 Å². The first-order chi connectivity index (χ1) is 6.63. The van der Waals surface area contributed by atoms with Gasteiger partial charge in [0.1, 0.15) is 12.4 Å². The zero-order valence-corrected chi connectivity index (χ0v) is 9.47. The number of aliphatic hydroxyl groups is 1. The summed E-state index contributed by atoms with van der Waals surface area (Å²) in [5, 5.41) is 9.17. The van der Waals surface area contributed by atoms with Crippen LogP contribution in [0.3, 0.4) is 0 Å². The molecule has 0 aromatic carbocycles. The molecule has 0 aliphatic heterocycles. The molecule has 1 heterocycles. The maximum Gasteiger partial charge on any atom is 0.255 e. The molecule has 1 atom stereocenters. The molecule has 1 aromatic heterocycles. The van der Waals surface area contributed by atoms with Crippen LogP contribution < -0.4 is 4.57 Å². The topological polar surface area (TPSA) is 106 Å². The summed E-state index contributed by atoms with van der Waals surface area (Å²) in [6.45, 7) is 3.71. The number of aromatic nitrogens is 2. The Bertz CT molecular complexity index is 401. The Morgan fingerprint density at radius 1 is 1.60 bits per heavy atom. The number of aliphatic hydroxyl groups excluding tert-OH is 1. The third-order valence-corrected chi connectivity index (χ3v) is 1.74. The first-order valence-corrected chi connectivity index (χ1v) is 5.39. The average molecular weight is 238 g/mol. The van der Waals surface area contributed by atoms with E-state index in [9.17, 15) is 0 Å². The van der Waals surface area contributed by atoms with Crippen molar-refractivity contribution in [2.24, 2.45) is 7.05 Å². The molecule has 0 amide bonds. The van der Waals surface area contributed by atoms with E-state index in [1.807, 2.05) is 30.9 Å². The van der Waals surface area contributed by atoms with Crippen molar-refractivity contribution < 1.29 is 27.2 Å². The minimum absolute atomic E-state index is 0.429. The Labute approximate surface area is 88.2 Å². The van der Waals surface area contributed by atoms with Crippen molar-refractivity contribution in [1.82, 2.24) is 4.57 Å². The van der Waals surface area contributed by atoms with Crippen LogP contribution in [0.2, 0.25) is 0 Å². The van der Waals surface area contributed by atoms with Gasteiger partial charge in [-0.3, -0.25) is 4.55 Å². The SMILES string of the molecule is Cc1n(C(C)O)cc[n+]1C.O=S(=O)([O-])O. The van der Waals surface area contributed by atoms with Gasteiger partial charge in [0.25, 0.3) is 5.82 Å². The van der Waals surface area contributed by atoms with Crippen LogP contribution in [0.5, 0.6) is 0 Å². The summed E-state index contributed by atoms with van der Waals surface area (Å²) in [6, 6.07) is 0. The largest absolute Gasteiger partial charge is 0.726 e. The molecular formula is C7H14N2O5S. The van der Waals surface area contributed by atoms with Gasteiger partial charge in [-0.2, -0.15) is 0 Å². The number of rotatable bonds is 1. The summed E-state index contributed by atoms with van der Waals surface area (Å²) >= 11 is 0. The second kappa shape index (κ2) is 5.21. The maximum atomic E-state index is 9.17. The van der Waals surface area contributed by atoms with E-state index in [0.717, 1.165) is 5.82 Å². The van der Waals surface area contributed by atoms with Crippen LogP contribution in [0.25, 0.3) is 0 Å². The monoisotopic (exact) mass is 238 g/mol. The molecule has 1 unspecified atom stereocenters. The Hall–Kier alpha value is -0.960. The van der Waals surface area contributed by atoms with Gasteiger partial charge in [0.15, 0.2) is 6.23 Å². The van der Waals surface area contributed by atoms with Gasteiger partial charge in [-0.25, -0.2) is 17.6 Å². The molecule has 0 spiro atoms. The van der Waals surface area contributed by atoms with E-state index in [1.54, 1.807) is 11.5 Å². The van der Waals surface area contributed by atoms with Gasteiger partial charge >= 0.3 is 0 Å². The molecule has 0 aliphatic carbocycles. The molecule has 0 radical (unpaired) electrons. The van der Waals surface area contributed by atoms with Gasteiger partial charge in [0, 0.05) is 13.8 Å². The molecule has 0 bridgehead atoms. The van der Waals surface area contributed by atoms with Gasteiger partial charge in [0.2, 0.25) is 10.4 Å². The van der Waals surface area contributed by atoms with Crippen molar-refractivity contribution in [2.75, 3.05) is 0 Å². The fourth-order valence-corrected chi connectivity index (χ4v) is 0.965. The van der Waals surface area contributed by atoms with Gasteiger partial charge in [0.05, 0.1) is 7.05 Å². The van der Waals surface area contributed by atoms with Gasteiger partial charge in [-0.1, -0.05) is 0 Å². The predicted octanol–water partition coefficient (Wildman–Crippen LogP) is -0.864. The summed E-state index contributed by atoms with van der Waals surface area (Å²) in [6.07, 6.45) is 3.35. The van der Waals surface area contributed by atoms with Crippen LogP contribution in [0.15, 0.2) is 12.4 Å². The summed E-state index contributed by atoms with van der Waals surface area (Å²) in [4.78, 5) is 0. The van der Waals surface area contributed by atoms with Crippen LogP contribution in [0.4, 0.5) is 0 Å². The minimum atomic E-state index is -4.92. The lowest BCUT2D eigenvalue weighted by Crippen LogP contribution is -2.30. The molecule has 0 fully saturated rings. The highest BCUT2D eigenvalue weighted by Crippen LogP contribution is 2.01. The standard InChI is InChI=1S/C7H13N2O.H2O4S/c1-6-8(3)4-5-9(6)7(2)10;1-5(2,3)4/h4-5,7,10H,1-3H3;(H2,1,2,3,4)/q+1;/p-1. The molecular weight excluding hydrogens is 224 g/mol. The molecule has 2 N–H and O–H groups in total. The lowest BCUT2D eigenvalue weighted by molar-refractivity contribution is -0.677.